The van der Waals surface area contributed by atoms with Crippen molar-refractivity contribution in [3.8, 4) is 0 Å². The lowest BCUT2D eigenvalue weighted by atomic mass is 9.93. The standard InChI is InChI=1S/C21H38N6OS.HI/c1-7-22-20(23-11-8-18-25-17(15-29-18)21(2,3)4)24-16-9-12-27(13-10-16)14-19(28)26(5)6;/h15-16H,7-14H2,1-6H3,(H2,22,23,24);1H. The summed E-state index contributed by atoms with van der Waals surface area (Å²) in [5, 5.41) is 10.2. The molecule has 0 aromatic carbocycles. The van der Waals surface area contributed by atoms with Crippen molar-refractivity contribution in [3.05, 3.63) is 16.1 Å². The lowest BCUT2D eigenvalue weighted by Gasteiger charge is -2.33. The van der Waals surface area contributed by atoms with Crippen LogP contribution >= 0.6 is 35.3 Å². The first-order valence-corrected chi connectivity index (χ1v) is 11.5. The molecule has 172 valence electrons. The topological polar surface area (TPSA) is 72.9 Å². The van der Waals surface area contributed by atoms with Crippen molar-refractivity contribution < 1.29 is 4.79 Å². The van der Waals surface area contributed by atoms with E-state index in [1.807, 2.05) is 14.1 Å². The molecular formula is C21H39IN6OS. The summed E-state index contributed by atoms with van der Waals surface area (Å²) in [6.45, 7) is 12.6. The van der Waals surface area contributed by atoms with Gasteiger partial charge in [-0.1, -0.05) is 20.8 Å². The zero-order valence-corrected chi connectivity index (χ0v) is 22.5. The zero-order chi connectivity index (χ0) is 21.4. The highest BCUT2D eigenvalue weighted by molar-refractivity contribution is 14.0. The van der Waals surface area contributed by atoms with Crippen LogP contribution in [0.2, 0.25) is 0 Å². The Kier molecular flexibility index (Phi) is 11.6. The summed E-state index contributed by atoms with van der Waals surface area (Å²) in [4.78, 5) is 25.3. The first kappa shape index (κ1) is 27.1. The molecule has 1 aromatic heterocycles. The predicted octanol–water partition coefficient (Wildman–Crippen LogP) is 2.71. The molecule has 0 saturated carbocycles. The van der Waals surface area contributed by atoms with E-state index in [1.54, 1.807) is 16.2 Å². The SMILES string of the molecule is CCNC(=NCCc1nc(C(C)(C)C)cs1)NC1CCN(CC(=O)N(C)C)CC1.I. The van der Waals surface area contributed by atoms with Crippen LogP contribution in [0.4, 0.5) is 0 Å². The van der Waals surface area contributed by atoms with Crippen molar-refractivity contribution in [2.75, 3.05) is 46.8 Å². The van der Waals surface area contributed by atoms with E-state index in [2.05, 4.69) is 48.6 Å². The van der Waals surface area contributed by atoms with Crippen LogP contribution < -0.4 is 10.6 Å². The predicted molar refractivity (Wildman–Crippen MR) is 137 cm³/mol. The normalized spacial score (nSPS) is 16.1. The van der Waals surface area contributed by atoms with Crippen molar-refractivity contribution in [1.29, 1.82) is 0 Å². The number of aromatic nitrogens is 1. The second-order valence-corrected chi connectivity index (χ2v) is 9.81. The minimum Gasteiger partial charge on any atom is -0.357 e. The molecule has 30 heavy (non-hydrogen) atoms. The molecule has 1 saturated heterocycles. The van der Waals surface area contributed by atoms with Gasteiger partial charge in [0.2, 0.25) is 5.91 Å². The Morgan fingerprint density at radius 1 is 1.33 bits per heavy atom. The van der Waals surface area contributed by atoms with Crippen LogP contribution in [0.5, 0.6) is 0 Å². The van der Waals surface area contributed by atoms with Gasteiger partial charge in [0.15, 0.2) is 5.96 Å². The molecule has 9 heteroatoms. The van der Waals surface area contributed by atoms with E-state index in [-0.39, 0.29) is 35.3 Å². The molecule has 2 heterocycles. The number of guanidine groups is 1. The summed E-state index contributed by atoms with van der Waals surface area (Å²) >= 11 is 1.73. The van der Waals surface area contributed by atoms with Gasteiger partial charge in [-0.15, -0.1) is 35.3 Å². The maximum atomic E-state index is 11.9. The largest absolute Gasteiger partial charge is 0.357 e. The highest BCUT2D eigenvalue weighted by Gasteiger charge is 2.22. The van der Waals surface area contributed by atoms with E-state index in [0.717, 1.165) is 62.1 Å². The van der Waals surface area contributed by atoms with Gasteiger partial charge in [0.05, 0.1) is 17.2 Å². The van der Waals surface area contributed by atoms with Crippen LogP contribution in [0.1, 0.15) is 51.2 Å². The van der Waals surface area contributed by atoms with Crippen LogP contribution in [-0.4, -0.2) is 79.5 Å². The Morgan fingerprint density at radius 3 is 2.53 bits per heavy atom. The number of nitrogens with zero attached hydrogens (tertiary/aromatic N) is 4. The number of nitrogens with one attached hydrogen (secondary N) is 2. The monoisotopic (exact) mass is 550 g/mol. The smallest absolute Gasteiger partial charge is 0.236 e. The van der Waals surface area contributed by atoms with Gasteiger partial charge in [-0.25, -0.2) is 4.98 Å². The number of likely N-dealkylation sites (tertiary alicyclic amines) is 1. The minimum absolute atomic E-state index is 0. The van der Waals surface area contributed by atoms with Crippen molar-refractivity contribution in [2.45, 2.75) is 58.4 Å². The van der Waals surface area contributed by atoms with Gasteiger partial charge < -0.3 is 15.5 Å². The minimum atomic E-state index is 0. The van der Waals surface area contributed by atoms with Crippen LogP contribution in [0, 0.1) is 0 Å². The van der Waals surface area contributed by atoms with Gasteiger partial charge in [-0.05, 0) is 19.8 Å². The molecule has 1 fully saturated rings. The van der Waals surface area contributed by atoms with Crippen LogP contribution in [0.15, 0.2) is 10.4 Å². The molecule has 1 aliphatic rings. The summed E-state index contributed by atoms with van der Waals surface area (Å²) in [5.74, 6) is 1.05. The number of aliphatic imine (C=N–C) groups is 1. The third-order valence-corrected chi connectivity index (χ3v) is 5.95. The molecule has 7 nitrogen and oxygen atoms in total. The molecule has 0 bridgehead atoms. The molecule has 0 aliphatic carbocycles. The number of carbonyl (C=O) groups excluding carboxylic acids is 1. The van der Waals surface area contributed by atoms with Gasteiger partial charge in [0, 0.05) is 63.5 Å². The van der Waals surface area contributed by atoms with E-state index >= 15 is 0 Å². The number of amides is 1. The first-order valence-electron chi connectivity index (χ1n) is 10.6. The number of likely N-dealkylation sites (N-methyl/N-ethyl adjacent to an activating group) is 1. The van der Waals surface area contributed by atoms with Gasteiger partial charge in [0.25, 0.3) is 0 Å². The van der Waals surface area contributed by atoms with Gasteiger partial charge in [-0.2, -0.15) is 0 Å². The van der Waals surface area contributed by atoms with Gasteiger partial charge >= 0.3 is 0 Å². The van der Waals surface area contributed by atoms with E-state index in [9.17, 15) is 4.79 Å². The van der Waals surface area contributed by atoms with Gasteiger partial charge in [-0.3, -0.25) is 14.7 Å². The molecule has 0 unspecified atom stereocenters. The fraction of sp³-hybridized carbons (Fsp3) is 0.762. The van der Waals surface area contributed by atoms with E-state index in [4.69, 9.17) is 9.98 Å². The number of rotatable bonds is 7. The van der Waals surface area contributed by atoms with Crippen molar-refractivity contribution >= 4 is 47.2 Å². The summed E-state index contributed by atoms with van der Waals surface area (Å²) in [6.07, 6.45) is 2.90. The molecular weight excluding hydrogens is 511 g/mol. The molecule has 0 atom stereocenters. The second kappa shape index (κ2) is 12.8. The first-order chi connectivity index (χ1) is 13.7. The van der Waals surface area contributed by atoms with E-state index < -0.39 is 0 Å². The lowest BCUT2D eigenvalue weighted by molar-refractivity contribution is -0.130. The van der Waals surface area contributed by atoms with Gasteiger partial charge in [0.1, 0.15) is 0 Å². The van der Waals surface area contributed by atoms with Crippen molar-refractivity contribution in [2.24, 2.45) is 4.99 Å². The second-order valence-electron chi connectivity index (χ2n) is 8.87. The Bertz CT molecular complexity index is 677. The number of thiazole rings is 1. The summed E-state index contributed by atoms with van der Waals surface area (Å²) < 4.78 is 0. The maximum absolute atomic E-state index is 11.9. The molecule has 0 radical (unpaired) electrons. The summed E-state index contributed by atoms with van der Waals surface area (Å²) in [5.41, 5.74) is 1.26. The fourth-order valence-electron chi connectivity index (χ4n) is 3.12. The third kappa shape index (κ3) is 9.05. The Balaban J connectivity index is 0.00000450. The third-order valence-electron chi connectivity index (χ3n) is 5.05. The highest BCUT2D eigenvalue weighted by Crippen LogP contribution is 2.24. The number of piperidine rings is 1. The average molecular weight is 551 g/mol. The fourth-order valence-corrected chi connectivity index (χ4v) is 4.13. The van der Waals surface area contributed by atoms with Crippen molar-refractivity contribution in [3.63, 3.8) is 0 Å². The van der Waals surface area contributed by atoms with E-state index in [0.29, 0.717) is 12.6 Å². The van der Waals surface area contributed by atoms with Crippen LogP contribution in [0.3, 0.4) is 0 Å². The lowest BCUT2D eigenvalue weighted by Crippen LogP contribution is -2.50. The number of hydrogen-bond donors (Lipinski definition) is 2. The Morgan fingerprint density at radius 2 is 2.00 bits per heavy atom. The molecule has 1 amide bonds. The molecule has 0 spiro atoms. The Hall–Kier alpha value is -0.940. The average Bonchev–Trinajstić information content (AvgIpc) is 3.12. The summed E-state index contributed by atoms with van der Waals surface area (Å²) in [7, 11) is 3.62. The number of carbonyl (C=O) groups is 1. The van der Waals surface area contributed by atoms with Crippen molar-refractivity contribution in [1.82, 2.24) is 25.4 Å². The van der Waals surface area contributed by atoms with Crippen LogP contribution in [-0.2, 0) is 16.6 Å². The molecule has 2 rings (SSSR count). The zero-order valence-electron chi connectivity index (χ0n) is 19.3. The number of hydrogen-bond acceptors (Lipinski definition) is 5. The number of halogens is 1. The van der Waals surface area contributed by atoms with E-state index in [1.165, 1.54) is 0 Å². The highest BCUT2D eigenvalue weighted by atomic mass is 127. The maximum Gasteiger partial charge on any atom is 0.236 e. The van der Waals surface area contributed by atoms with Crippen LogP contribution in [0.25, 0.3) is 0 Å². The molecule has 2 N–H and O–H groups in total. The Labute approximate surface area is 203 Å². The molecule has 1 aromatic rings. The quantitative estimate of drug-likeness (QED) is 0.311. The molecule has 1 aliphatic heterocycles. The summed E-state index contributed by atoms with van der Waals surface area (Å²) in [6, 6.07) is 0.394.